The van der Waals surface area contributed by atoms with E-state index >= 15 is 0 Å². The number of esters is 1. The molecule has 1 aromatic rings. The zero-order chi connectivity index (χ0) is 10.4. The third-order valence-corrected chi connectivity index (χ3v) is 1.77. The number of hydrogen-bond donors (Lipinski definition) is 1. The van der Waals surface area contributed by atoms with E-state index in [1.807, 2.05) is 4.57 Å². The first-order valence-corrected chi connectivity index (χ1v) is 4.19. The number of amides is 1. The molecule has 1 aromatic heterocycles. The van der Waals surface area contributed by atoms with Crippen molar-refractivity contribution in [3.63, 3.8) is 0 Å². The fourth-order valence-corrected chi connectivity index (χ4v) is 1.07. The minimum absolute atomic E-state index is 0.355. The van der Waals surface area contributed by atoms with Gasteiger partial charge in [0.25, 0.3) is 0 Å². The van der Waals surface area contributed by atoms with Gasteiger partial charge in [0.2, 0.25) is 6.41 Å². The summed E-state index contributed by atoms with van der Waals surface area (Å²) in [6.07, 6.45) is 4.09. The first-order valence-electron chi connectivity index (χ1n) is 4.19. The van der Waals surface area contributed by atoms with Gasteiger partial charge in [0.15, 0.2) is 0 Å². The summed E-state index contributed by atoms with van der Waals surface area (Å²) in [5, 5.41) is 2.53. The van der Waals surface area contributed by atoms with Crippen LogP contribution in [-0.4, -0.2) is 30.6 Å². The highest BCUT2D eigenvalue weighted by atomic mass is 16.5. The van der Waals surface area contributed by atoms with Crippen LogP contribution in [0.4, 0.5) is 0 Å². The predicted octanol–water partition coefficient (Wildman–Crippen LogP) is 0.0207. The molecule has 0 aliphatic carbocycles. The number of hydrogen-bond acceptors (Lipinski definition) is 3. The number of carbonyl (C=O) groups is 2. The van der Waals surface area contributed by atoms with Gasteiger partial charge in [-0.3, -0.25) is 4.79 Å². The van der Waals surface area contributed by atoms with E-state index in [2.05, 4.69) is 10.1 Å². The van der Waals surface area contributed by atoms with Crippen LogP contribution in [-0.2, 0) is 16.1 Å². The van der Waals surface area contributed by atoms with Gasteiger partial charge >= 0.3 is 5.97 Å². The molecule has 1 heterocycles. The molecule has 5 nitrogen and oxygen atoms in total. The van der Waals surface area contributed by atoms with Gasteiger partial charge in [-0.05, 0) is 6.07 Å². The molecule has 76 valence electrons. The van der Waals surface area contributed by atoms with E-state index in [0.717, 1.165) is 0 Å². The Kier molecular flexibility index (Phi) is 3.72. The van der Waals surface area contributed by atoms with Crippen molar-refractivity contribution in [1.82, 2.24) is 9.88 Å². The molecule has 0 bridgehead atoms. The van der Waals surface area contributed by atoms with Crippen LogP contribution in [0.5, 0.6) is 0 Å². The fourth-order valence-electron chi connectivity index (χ4n) is 1.07. The first kappa shape index (κ1) is 10.3. The van der Waals surface area contributed by atoms with Crippen LogP contribution in [0.15, 0.2) is 18.5 Å². The molecule has 0 aliphatic heterocycles. The van der Waals surface area contributed by atoms with Crippen molar-refractivity contribution in [1.29, 1.82) is 0 Å². The third-order valence-electron chi connectivity index (χ3n) is 1.77. The van der Waals surface area contributed by atoms with Crippen molar-refractivity contribution in [3.8, 4) is 0 Å². The Morgan fingerprint density at radius 2 is 2.50 bits per heavy atom. The summed E-state index contributed by atoms with van der Waals surface area (Å²) in [6.45, 7) is 1.18. The molecule has 0 fully saturated rings. The van der Waals surface area contributed by atoms with E-state index in [1.54, 1.807) is 18.5 Å². The molecule has 0 radical (unpaired) electrons. The third kappa shape index (κ3) is 2.62. The molecule has 0 saturated carbocycles. The van der Waals surface area contributed by atoms with E-state index < -0.39 is 0 Å². The number of nitrogens with one attached hydrogen (secondary N) is 1. The highest BCUT2D eigenvalue weighted by Crippen LogP contribution is 2.02. The standard InChI is InChI=1S/C9H12N2O3/c1-14-9(13)8-2-4-11(6-8)5-3-10-7-12/h2,4,6-7H,3,5H2,1H3,(H,10,12). The SMILES string of the molecule is COC(=O)c1ccn(CCNC=O)c1. The first-order chi connectivity index (χ1) is 6.77. The summed E-state index contributed by atoms with van der Waals surface area (Å²) in [5.74, 6) is -0.355. The molecule has 0 saturated heterocycles. The molecule has 0 aromatic carbocycles. The van der Waals surface area contributed by atoms with Gasteiger partial charge in [-0.1, -0.05) is 0 Å². The average molecular weight is 196 g/mol. The summed E-state index contributed by atoms with van der Waals surface area (Å²) < 4.78 is 6.36. The number of rotatable bonds is 5. The Labute approximate surface area is 81.7 Å². The number of nitrogens with zero attached hydrogens (tertiary/aromatic N) is 1. The fraction of sp³-hybridized carbons (Fsp3) is 0.333. The zero-order valence-electron chi connectivity index (χ0n) is 7.90. The quantitative estimate of drug-likeness (QED) is 0.410. The van der Waals surface area contributed by atoms with Crippen LogP contribution in [0.25, 0.3) is 0 Å². The van der Waals surface area contributed by atoms with Crippen LogP contribution >= 0.6 is 0 Å². The summed E-state index contributed by atoms with van der Waals surface area (Å²) in [6, 6.07) is 1.67. The maximum atomic E-state index is 11.0. The van der Waals surface area contributed by atoms with Crippen LogP contribution in [0, 0.1) is 0 Å². The lowest BCUT2D eigenvalue weighted by Crippen LogP contribution is -2.17. The van der Waals surface area contributed by atoms with Crippen LogP contribution in [0.2, 0.25) is 0 Å². The summed E-state index contributed by atoms with van der Waals surface area (Å²) >= 11 is 0. The number of methoxy groups -OCH3 is 1. The Hall–Kier alpha value is -1.78. The monoisotopic (exact) mass is 196 g/mol. The van der Waals surface area contributed by atoms with Crippen molar-refractivity contribution >= 4 is 12.4 Å². The normalized spacial score (nSPS) is 9.50. The van der Waals surface area contributed by atoms with Gasteiger partial charge in [-0.2, -0.15) is 0 Å². The molecule has 1 N–H and O–H groups in total. The second kappa shape index (κ2) is 5.06. The topological polar surface area (TPSA) is 60.3 Å². The largest absolute Gasteiger partial charge is 0.465 e. The molecular weight excluding hydrogens is 184 g/mol. The number of carbonyl (C=O) groups excluding carboxylic acids is 2. The van der Waals surface area contributed by atoms with E-state index in [9.17, 15) is 9.59 Å². The highest BCUT2D eigenvalue weighted by molar-refractivity contribution is 5.89. The van der Waals surface area contributed by atoms with Crippen molar-refractivity contribution in [3.05, 3.63) is 24.0 Å². The number of ether oxygens (including phenoxy) is 1. The van der Waals surface area contributed by atoms with Crippen LogP contribution in [0.1, 0.15) is 10.4 Å². The Morgan fingerprint density at radius 3 is 3.14 bits per heavy atom. The minimum Gasteiger partial charge on any atom is -0.465 e. The molecule has 0 atom stereocenters. The molecule has 5 heteroatoms. The van der Waals surface area contributed by atoms with E-state index in [-0.39, 0.29) is 5.97 Å². The van der Waals surface area contributed by atoms with Gasteiger partial charge in [0.05, 0.1) is 12.7 Å². The molecule has 0 spiro atoms. The zero-order valence-corrected chi connectivity index (χ0v) is 7.90. The minimum atomic E-state index is -0.355. The van der Waals surface area contributed by atoms with Crippen molar-refractivity contribution in [2.45, 2.75) is 6.54 Å². The lowest BCUT2D eigenvalue weighted by Gasteiger charge is -2.00. The second-order valence-corrected chi connectivity index (χ2v) is 2.70. The summed E-state index contributed by atoms with van der Waals surface area (Å²) in [7, 11) is 1.34. The Balaban J connectivity index is 2.50. The second-order valence-electron chi connectivity index (χ2n) is 2.70. The molecule has 1 amide bonds. The Morgan fingerprint density at radius 1 is 1.71 bits per heavy atom. The maximum absolute atomic E-state index is 11.0. The van der Waals surface area contributed by atoms with Crippen molar-refractivity contribution in [2.24, 2.45) is 0 Å². The number of aromatic nitrogens is 1. The Bertz CT molecular complexity index is 320. The van der Waals surface area contributed by atoms with Gasteiger partial charge in [-0.15, -0.1) is 0 Å². The molecule has 1 rings (SSSR count). The van der Waals surface area contributed by atoms with Gasteiger partial charge in [0, 0.05) is 25.5 Å². The van der Waals surface area contributed by atoms with E-state index in [0.29, 0.717) is 25.1 Å². The van der Waals surface area contributed by atoms with E-state index in [4.69, 9.17) is 0 Å². The van der Waals surface area contributed by atoms with Crippen molar-refractivity contribution in [2.75, 3.05) is 13.7 Å². The molecular formula is C9H12N2O3. The summed E-state index contributed by atoms with van der Waals surface area (Å²) in [5.41, 5.74) is 0.513. The maximum Gasteiger partial charge on any atom is 0.339 e. The molecule has 0 aliphatic rings. The van der Waals surface area contributed by atoms with Crippen LogP contribution in [0.3, 0.4) is 0 Å². The smallest absolute Gasteiger partial charge is 0.339 e. The van der Waals surface area contributed by atoms with Crippen molar-refractivity contribution < 1.29 is 14.3 Å². The summed E-state index contributed by atoms with van der Waals surface area (Å²) in [4.78, 5) is 21.0. The van der Waals surface area contributed by atoms with Gasteiger partial charge in [-0.25, -0.2) is 4.79 Å². The van der Waals surface area contributed by atoms with Gasteiger partial charge in [0.1, 0.15) is 0 Å². The lowest BCUT2D eigenvalue weighted by atomic mass is 10.3. The highest BCUT2D eigenvalue weighted by Gasteiger charge is 2.05. The van der Waals surface area contributed by atoms with E-state index in [1.165, 1.54) is 7.11 Å². The predicted molar refractivity (Wildman–Crippen MR) is 49.8 cm³/mol. The molecule has 0 unspecified atom stereocenters. The lowest BCUT2D eigenvalue weighted by molar-refractivity contribution is -0.109. The molecule has 14 heavy (non-hydrogen) atoms. The van der Waals surface area contributed by atoms with Gasteiger partial charge < -0.3 is 14.6 Å². The average Bonchev–Trinajstić information content (AvgIpc) is 2.66. The van der Waals surface area contributed by atoms with Crippen LogP contribution < -0.4 is 5.32 Å².